The van der Waals surface area contributed by atoms with Crippen molar-refractivity contribution >= 4 is 16.0 Å². The highest BCUT2D eigenvalue weighted by Gasteiger charge is 2.21. The Morgan fingerprint density at radius 2 is 2.04 bits per heavy atom. The highest BCUT2D eigenvalue weighted by Crippen LogP contribution is 2.25. The Morgan fingerprint density at radius 3 is 2.73 bits per heavy atom. The van der Waals surface area contributed by atoms with Gasteiger partial charge in [-0.25, -0.2) is 13.1 Å². The molecule has 2 N–H and O–H groups in total. The van der Waals surface area contributed by atoms with E-state index < -0.39 is 10.0 Å². The third kappa shape index (κ3) is 5.20. The van der Waals surface area contributed by atoms with Crippen LogP contribution < -0.4 is 10.0 Å². The maximum absolute atomic E-state index is 12.1. The minimum Gasteiger partial charge on any atom is -0.357 e. The van der Waals surface area contributed by atoms with Gasteiger partial charge in [-0.1, -0.05) is 30.7 Å². The van der Waals surface area contributed by atoms with E-state index in [4.69, 9.17) is 0 Å². The van der Waals surface area contributed by atoms with E-state index in [2.05, 4.69) is 44.2 Å². The topological polar surface area (TPSA) is 73.8 Å². The molecule has 3 rings (SSSR count). The fourth-order valence-corrected chi connectivity index (χ4v) is 4.35. The molecule has 144 valence electrons. The molecule has 1 heterocycles. The quantitative estimate of drug-likeness (QED) is 0.560. The van der Waals surface area contributed by atoms with Crippen LogP contribution >= 0.6 is 0 Å². The number of nitrogens with zero attached hydrogens (tertiary/aromatic N) is 2. The summed E-state index contributed by atoms with van der Waals surface area (Å²) in [6.45, 7) is 5.37. The smallest absolute Gasteiger partial charge is 0.213 e. The number of aliphatic imine (C=N–C) groups is 1. The van der Waals surface area contributed by atoms with Crippen molar-refractivity contribution in [1.29, 1.82) is 0 Å². The monoisotopic (exact) mass is 378 g/mol. The van der Waals surface area contributed by atoms with Gasteiger partial charge < -0.3 is 10.2 Å². The Labute approximate surface area is 157 Å². The molecule has 0 radical (unpaired) electrons. The second-order valence-corrected chi connectivity index (χ2v) is 9.07. The fraction of sp³-hybridized carbons (Fsp3) is 0.632. The molecule has 2 aliphatic rings. The highest BCUT2D eigenvalue weighted by molar-refractivity contribution is 7.89. The lowest BCUT2D eigenvalue weighted by atomic mass is 9.86. The molecule has 0 aromatic heterocycles. The molecule has 1 aromatic rings. The van der Waals surface area contributed by atoms with Crippen LogP contribution in [0.3, 0.4) is 0 Å². The van der Waals surface area contributed by atoms with Crippen LogP contribution in [0.5, 0.6) is 0 Å². The first-order valence-corrected chi connectivity index (χ1v) is 11.3. The normalized spacial score (nSPS) is 18.3. The second kappa shape index (κ2) is 8.86. The highest BCUT2D eigenvalue weighted by atomic mass is 32.2. The van der Waals surface area contributed by atoms with Crippen LogP contribution in [0.25, 0.3) is 0 Å². The average molecular weight is 379 g/mol. The Bertz CT molecular complexity index is 729. The van der Waals surface area contributed by atoms with Crippen LogP contribution in [0.1, 0.15) is 37.3 Å². The lowest BCUT2D eigenvalue weighted by Gasteiger charge is -2.31. The van der Waals surface area contributed by atoms with Crippen LogP contribution in [-0.4, -0.2) is 51.2 Å². The zero-order valence-electron chi connectivity index (χ0n) is 15.6. The van der Waals surface area contributed by atoms with Gasteiger partial charge >= 0.3 is 0 Å². The Kier molecular flexibility index (Phi) is 6.53. The summed E-state index contributed by atoms with van der Waals surface area (Å²) in [6.07, 6.45) is 4.49. The van der Waals surface area contributed by atoms with Crippen LogP contribution in [0.4, 0.5) is 0 Å². The van der Waals surface area contributed by atoms with E-state index in [0.29, 0.717) is 12.5 Å². The summed E-state index contributed by atoms with van der Waals surface area (Å²) < 4.78 is 27.0. The molecule has 0 saturated heterocycles. The second-order valence-electron chi connectivity index (χ2n) is 7.14. The molecule has 0 bridgehead atoms. The van der Waals surface area contributed by atoms with Crippen molar-refractivity contribution in [3.63, 3.8) is 0 Å². The predicted octanol–water partition coefficient (Wildman–Crippen LogP) is 1.73. The van der Waals surface area contributed by atoms with E-state index in [1.54, 1.807) is 0 Å². The number of benzene rings is 1. The zero-order chi connectivity index (χ0) is 18.4. The summed E-state index contributed by atoms with van der Waals surface area (Å²) >= 11 is 0. The van der Waals surface area contributed by atoms with Gasteiger partial charge in [0.05, 0.1) is 12.3 Å². The van der Waals surface area contributed by atoms with Crippen LogP contribution in [0, 0.1) is 5.92 Å². The summed E-state index contributed by atoms with van der Waals surface area (Å²) in [5.41, 5.74) is 2.71. The molecular formula is C19H30N4O2S. The van der Waals surface area contributed by atoms with E-state index in [-0.39, 0.29) is 12.3 Å². The van der Waals surface area contributed by atoms with Gasteiger partial charge in [-0.3, -0.25) is 4.99 Å². The molecule has 1 aromatic carbocycles. The van der Waals surface area contributed by atoms with E-state index in [9.17, 15) is 8.42 Å². The molecule has 0 atom stereocenters. The third-order valence-corrected chi connectivity index (χ3v) is 6.53. The van der Waals surface area contributed by atoms with Gasteiger partial charge in [0.2, 0.25) is 10.0 Å². The van der Waals surface area contributed by atoms with Crippen LogP contribution in [0.15, 0.2) is 29.3 Å². The van der Waals surface area contributed by atoms with Gasteiger partial charge in [-0.05, 0) is 43.2 Å². The first-order valence-electron chi connectivity index (χ1n) is 9.65. The van der Waals surface area contributed by atoms with Crippen molar-refractivity contribution in [1.82, 2.24) is 14.9 Å². The van der Waals surface area contributed by atoms with E-state index in [0.717, 1.165) is 44.9 Å². The Balaban J connectivity index is 1.55. The molecule has 0 unspecified atom stereocenters. The summed E-state index contributed by atoms with van der Waals surface area (Å²) in [6, 6.07) is 8.47. The summed E-state index contributed by atoms with van der Waals surface area (Å²) in [5, 5.41) is 3.30. The first kappa shape index (κ1) is 19.2. The lowest BCUT2D eigenvalue weighted by molar-refractivity contribution is 0.316. The van der Waals surface area contributed by atoms with Gasteiger partial charge in [0.1, 0.15) is 0 Å². The molecule has 7 heteroatoms. The summed E-state index contributed by atoms with van der Waals surface area (Å²) in [5.74, 6) is 1.37. The fourth-order valence-electron chi connectivity index (χ4n) is 3.39. The van der Waals surface area contributed by atoms with Crippen molar-refractivity contribution < 1.29 is 8.42 Å². The Hall–Kier alpha value is -1.60. The summed E-state index contributed by atoms with van der Waals surface area (Å²) in [7, 11) is -3.25. The largest absolute Gasteiger partial charge is 0.357 e. The summed E-state index contributed by atoms with van der Waals surface area (Å²) in [4.78, 5) is 6.78. The van der Waals surface area contributed by atoms with Crippen molar-refractivity contribution in [2.24, 2.45) is 10.9 Å². The number of sulfonamides is 1. The number of nitrogens with one attached hydrogen (secondary N) is 2. The van der Waals surface area contributed by atoms with Gasteiger partial charge in [-0.2, -0.15) is 0 Å². The standard InChI is InChI=1S/C19H30N4O2S/c1-2-20-19(23-12-10-17-8-3-4-9-18(17)15-23)21-11-13-26(24,25)22-14-16-6-5-7-16/h3-4,8-9,16,22H,2,5-7,10-15H2,1H3,(H,20,21). The molecular weight excluding hydrogens is 348 g/mol. The number of rotatable bonds is 7. The minimum absolute atomic E-state index is 0.0407. The van der Waals surface area contributed by atoms with Gasteiger partial charge in [-0.15, -0.1) is 0 Å². The van der Waals surface area contributed by atoms with Crippen molar-refractivity contribution in [3.05, 3.63) is 35.4 Å². The lowest BCUT2D eigenvalue weighted by Crippen LogP contribution is -2.44. The average Bonchev–Trinajstić information content (AvgIpc) is 2.59. The molecule has 1 saturated carbocycles. The third-order valence-electron chi connectivity index (χ3n) is 5.20. The van der Waals surface area contributed by atoms with Crippen LogP contribution in [-0.2, 0) is 23.0 Å². The number of hydrogen-bond donors (Lipinski definition) is 2. The first-order chi connectivity index (χ1) is 12.6. The SMILES string of the molecule is CCNC(=NCCS(=O)(=O)NCC1CCC1)N1CCc2ccccc2C1. The minimum atomic E-state index is -3.25. The maximum atomic E-state index is 12.1. The van der Waals surface area contributed by atoms with E-state index >= 15 is 0 Å². The van der Waals surface area contributed by atoms with Gasteiger partial charge in [0, 0.05) is 26.2 Å². The van der Waals surface area contributed by atoms with E-state index in [1.807, 2.05) is 6.92 Å². The van der Waals surface area contributed by atoms with Gasteiger partial charge in [0.15, 0.2) is 5.96 Å². The number of hydrogen-bond acceptors (Lipinski definition) is 3. The zero-order valence-corrected chi connectivity index (χ0v) is 16.4. The van der Waals surface area contributed by atoms with E-state index in [1.165, 1.54) is 17.5 Å². The van der Waals surface area contributed by atoms with Crippen LogP contribution in [0.2, 0.25) is 0 Å². The molecule has 26 heavy (non-hydrogen) atoms. The molecule has 0 amide bonds. The molecule has 0 spiro atoms. The van der Waals surface area contributed by atoms with Crippen molar-refractivity contribution in [3.8, 4) is 0 Å². The van der Waals surface area contributed by atoms with Crippen molar-refractivity contribution in [2.45, 2.75) is 39.2 Å². The predicted molar refractivity (Wildman–Crippen MR) is 106 cm³/mol. The Morgan fingerprint density at radius 1 is 1.27 bits per heavy atom. The number of fused-ring (bicyclic) bond motifs is 1. The molecule has 1 aliphatic heterocycles. The number of guanidine groups is 1. The molecule has 1 aliphatic carbocycles. The van der Waals surface area contributed by atoms with Gasteiger partial charge in [0.25, 0.3) is 0 Å². The molecule has 1 fully saturated rings. The van der Waals surface area contributed by atoms with Crippen molar-refractivity contribution in [2.75, 3.05) is 31.9 Å². The maximum Gasteiger partial charge on any atom is 0.213 e. The molecule has 6 nitrogen and oxygen atoms in total.